The highest BCUT2D eigenvalue weighted by Crippen LogP contribution is 2.25. The molecule has 1 heterocycles. The third kappa shape index (κ3) is 4.75. The molecule has 1 unspecified atom stereocenters. The molecular weight excluding hydrogens is 314 g/mol. The van der Waals surface area contributed by atoms with Crippen molar-refractivity contribution in [3.05, 3.63) is 28.8 Å². The standard InChI is InChI=1S/C17H26ClN3O2/c1-12-10-20(11-13-6-5-7-14(19)15(13)18)8-9-21(12)16(22)23-17(2,3)4/h5-7,12H,8-11,19H2,1-4H3. The van der Waals surface area contributed by atoms with Gasteiger partial charge in [0.1, 0.15) is 5.60 Å². The molecule has 0 bridgehead atoms. The Hall–Kier alpha value is -1.46. The normalized spacial score (nSPS) is 19.7. The number of ether oxygens (including phenoxy) is 1. The summed E-state index contributed by atoms with van der Waals surface area (Å²) in [6, 6.07) is 5.80. The van der Waals surface area contributed by atoms with E-state index in [1.165, 1.54) is 0 Å². The minimum atomic E-state index is -0.469. The summed E-state index contributed by atoms with van der Waals surface area (Å²) in [7, 11) is 0. The molecule has 2 N–H and O–H groups in total. The number of carbonyl (C=O) groups excluding carboxylic acids is 1. The number of anilines is 1. The maximum Gasteiger partial charge on any atom is 0.410 e. The Morgan fingerprint density at radius 2 is 2.09 bits per heavy atom. The molecule has 5 nitrogen and oxygen atoms in total. The SMILES string of the molecule is CC1CN(Cc2cccc(N)c2Cl)CCN1C(=O)OC(C)(C)C. The number of nitrogens with zero attached hydrogens (tertiary/aromatic N) is 2. The molecular formula is C17H26ClN3O2. The summed E-state index contributed by atoms with van der Waals surface area (Å²) >= 11 is 6.26. The number of hydrogen-bond acceptors (Lipinski definition) is 4. The summed E-state index contributed by atoms with van der Waals surface area (Å²) in [6.45, 7) is 10.6. The smallest absolute Gasteiger partial charge is 0.410 e. The molecule has 1 fully saturated rings. The predicted molar refractivity (Wildman–Crippen MR) is 93.5 cm³/mol. The zero-order valence-electron chi connectivity index (χ0n) is 14.3. The molecule has 1 aliphatic rings. The van der Waals surface area contributed by atoms with Crippen LogP contribution in [0.15, 0.2) is 18.2 Å². The molecule has 0 radical (unpaired) electrons. The molecule has 1 aromatic carbocycles. The van der Waals surface area contributed by atoms with Gasteiger partial charge in [0.25, 0.3) is 0 Å². The van der Waals surface area contributed by atoms with Crippen LogP contribution in [0.2, 0.25) is 5.02 Å². The molecule has 1 saturated heterocycles. The van der Waals surface area contributed by atoms with Crippen molar-refractivity contribution >= 4 is 23.4 Å². The van der Waals surface area contributed by atoms with Crippen molar-refractivity contribution in [3.8, 4) is 0 Å². The largest absolute Gasteiger partial charge is 0.444 e. The lowest BCUT2D eigenvalue weighted by Gasteiger charge is -2.40. The Labute approximate surface area is 143 Å². The number of amides is 1. The van der Waals surface area contributed by atoms with Crippen LogP contribution in [0.3, 0.4) is 0 Å². The van der Waals surface area contributed by atoms with Crippen LogP contribution >= 0.6 is 11.6 Å². The summed E-state index contributed by atoms with van der Waals surface area (Å²) in [5.41, 5.74) is 7.00. The lowest BCUT2D eigenvalue weighted by molar-refractivity contribution is 0.000567. The first kappa shape index (κ1) is 17.9. The van der Waals surface area contributed by atoms with Crippen molar-refractivity contribution < 1.29 is 9.53 Å². The van der Waals surface area contributed by atoms with E-state index < -0.39 is 5.60 Å². The number of rotatable bonds is 2. The molecule has 0 spiro atoms. The van der Waals surface area contributed by atoms with Crippen LogP contribution in [0, 0.1) is 0 Å². The van der Waals surface area contributed by atoms with Gasteiger partial charge in [-0.15, -0.1) is 0 Å². The van der Waals surface area contributed by atoms with Gasteiger partial charge in [0.15, 0.2) is 0 Å². The van der Waals surface area contributed by atoms with Crippen LogP contribution < -0.4 is 5.73 Å². The topological polar surface area (TPSA) is 58.8 Å². The van der Waals surface area contributed by atoms with Crippen LogP contribution in [0.4, 0.5) is 10.5 Å². The summed E-state index contributed by atoms with van der Waals surface area (Å²) in [5, 5.41) is 0.620. The molecule has 0 aromatic heterocycles. The Bertz CT molecular complexity index is 571. The molecule has 1 aliphatic heterocycles. The van der Waals surface area contributed by atoms with Gasteiger partial charge in [0.2, 0.25) is 0 Å². The van der Waals surface area contributed by atoms with Gasteiger partial charge in [-0.05, 0) is 39.3 Å². The van der Waals surface area contributed by atoms with Gasteiger partial charge in [-0.1, -0.05) is 23.7 Å². The van der Waals surface area contributed by atoms with E-state index in [2.05, 4.69) is 4.90 Å². The van der Waals surface area contributed by atoms with E-state index >= 15 is 0 Å². The molecule has 1 amide bonds. The van der Waals surface area contributed by atoms with Crippen LogP contribution in [0.5, 0.6) is 0 Å². The third-order valence-corrected chi connectivity index (χ3v) is 4.30. The van der Waals surface area contributed by atoms with E-state index in [9.17, 15) is 4.79 Å². The second-order valence-corrected chi connectivity index (χ2v) is 7.46. The minimum Gasteiger partial charge on any atom is -0.444 e. The van der Waals surface area contributed by atoms with Gasteiger partial charge in [-0.25, -0.2) is 4.79 Å². The van der Waals surface area contributed by atoms with Crippen molar-refractivity contribution in [1.82, 2.24) is 9.80 Å². The van der Waals surface area contributed by atoms with Crippen molar-refractivity contribution in [2.45, 2.75) is 45.9 Å². The fourth-order valence-corrected chi connectivity index (χ4v) is 2.92. The van der Waals surface area contributed by atoms with Gasteiger partial charge in [0, 0.05) is 32.2 Å². The Morgan fingerprint density at radius 1 is 1.39 bits per heavy atom. The number of hydrogen-bond donors (Lipinski definition) is 1. The van der Waals surface area contributed by atoms with E-state index in [1.807, 2.05) is 39.8 Å². The van der Waals surface area contributed by atoms with Crippen LogP contribution in [-0.2, 0) is 11.3 Å². The Morgan fingerprint density at radius 3 is 2.70 bits per heavy atom. The van der Waals surface area contributed by atoms with Crippen LogP contribution in [-0.4, -0.2) is 47.2 Å². The fraction of sp³-hybridized carbons (Fsp3) is 0.588. The zero-order chi connectivity index (χ0) is 17.2. The predicted octanol–water partition coefficient (Wildman–Crippen LogP) is 3.36. The van der Waals surface area contributed by atoms with Crippen molar-refractivity contribution in [2.75, 3.05) is 25.4 Å². The quantitative estimate of drug-likeness (QED) is 0.839. The monoisotopic (exact) mass is 339 g/mol. The van der Waals surface area contributed by atoms with E-state index in [0.717, 1.165) is 25.2 Å². The number of nitrogens with two attached hydrogens (primary N) is 1. The van der Waals surface area contributed by atoms with Crippen LogP contribution in [0.25, 0.3) is 0 Å². The molecule has 6 heteroatoms. The summed E-state index contributed by atoms with van der Waals surface area (Å²) in [6.07, 6.45) is -0.244. The van der Waals surface area contributed by atoms with Crippen molar-refractivity contribution in [3.63, 3.8) is 0 Å². The number of nitrogen functional groups attached to an aromatic ring is 1. The van der Waals surface area contributed by atoms with E-state index in [1.54, 1.807) is 11.0 Å². The van der Waals surface area contributed by atoms with Crippen molar-refractivity contribution in [2.24, 2.45) is 0 Å². The maximum absolute atomic E-state index is 12.2. The summed E-state index contributed by atoms with van der Waals surface area (Å²) in [5.74, 6) is 0. The van der Waals surface area contributed by atoms with E-state index in [-0.39, 0.29) is 12.1 Å². The van der Waals surface area contributed by atoms with Gasteiger partial charge in [-0.2, -0.15) is 0 Å². The molecule has 0 saturated carbocycles. The number of halogens is 1. The first-order valence-corrected chi connectivity index (χ1v) is 8.30. The highest BCUT2D eigenvalue weighted by atomic mass is 35.5. The molecule has 1 atom stereocenters. The van der Waals surface area contributed by atoms with Gasteiger partial charge in [0.05, 0.1) is 10.7 Å². The minimum absolute atomic E-state index is 0.0958. The molecule has 2 rings (SSSR count). The molecule has 1 aromatic rings. The summed E-state index contributed by atoms with van der Waals surface area (Å²) in [4.78, 5) is 16.3. The maximum atomic E-state index is 12.2. The second kappa shape index (κ2) is 6.97. The fourth-order valence-electron chi connectivity index (χ4n) is 2.73. The van der Waals surface area contributed by atoms with Gasteiger partial charge >= 0.3 is 6.09 Å². The zero-order valence-corrected chi connectivity index (χ0v) is 15.1. The van der Waals surface area contributed by atoms with Crippen molar-refractivity contribution in [1.29, 1.82) is 0 Å². The third-order valence-electron chi connectivity index (χ3n) is 3.84. The Kier molecular flexibility index (Phi) is 5.42. The number of piperazine rings is 1. The molecule has 128 valence electrons. The number of carbonyl (C=O) groups is 1. The Balaban J connectivity index is 1.96. The summed E-state index contributed by atoms with van der Waals surface area (Å²) < 4.78 is 5.47. The van der Waals surface area contributed by atoms with E-state index in [4.69, 9.17) is 22.1 Å². The average Bonchev–Trinajstić information content (AvgIpc) is 2.42. The molecule has 23 heavy (non-hydrogen) atoms. The average molecular weight is 340 g/mol. The lowest BCUT2D eigenvalue weighted by atomic mass is 10.1. The lowest BCUT2D eigenvalue weighted by Crippen LogP contribution is -2.54. The molecule has 0 aliphatic carbocycles. The van der Waals surface area contributed by atoms with E-state index in [0.29, 0.717) is 17.3 Å². The van der Waals surface area contributed by atoms with Crippen LogP contribution in [0.1, 0.15) is 33.3 Å². The highest BCUT2D eigenvalue weighted by molar-refractivity contribution is 6.33. The second-order valence-electron chi connectivity index (χ2n) is 7.08. The first-order chi connectivity index (χ1) is 10.7. The van der Waals surface area contributed by atoms with Gasteiger partial charge in [-0.3, -0.25) is 4.90 Å². The van der Waals surface area contributed by atoms with Gasteiger partial charge < -0.3 is 15.4 Å². The first-order valence-electron chi connectivity index (χ1n) is 7.92. The highest BCUT2D eigenvalue weighted by Gasteiger charge is 2.30. The number of benzene rings is 1.